The van der Waals surface area contributed by atoms with E-state index >= 15 is 0 Å². The van der Waals surface area contributed by atoms with Gasteiger partial charge in [0.2, 0.25) is 0 Å². The van der Waals surface area contributed by atoms with E-state index in [0.29, 0.717) is 12.1 Å². The number of hydrogen-bond acceptors (Lipinski definition) is 4. The van der Waals surface area contributed by atoms with Crippen molar-refractivity contribution in [1.82, 2.24) is 0 Å². The van der Waals surface area contributed by atoms with Gasteiger partial charge in [-0.1, -0.05) is 0 Å². The standard InChI is InChI=1S/C10H9F3O4S/c11-10(12,13)8-1-3-9(4-2-8)18(15,16)6-5-17-7-14/h1-4,7H,5-6H2. The number of sulfone groups is 1. The maximum absolute atomic E-state index is 12.3. The van der Waals surface area contributed by atoms with Crippen molar-refractivity contribution in [2.45, 2.75) is 11.1 Å². The first kappa shape index (κ1) is 14.5. The first-order valence-electron chi connectivity index (χ1n) is 4.72. The molecule has 100 valence electrons. The molecule has 0 radical (unpaired) electrons. The lowest BCUT2D eigenvalue weighted by Gasteiger charge is -2.08. The number of alkyl halides is 3. The van der Waals surface area contributed by atoms with Crippen LogP contribution in [0.1, 0.15) is 5.56 Å². The van der Waals surface area contributed by atoms with E-state index in [2.05, 4.69) is 4.74 Å². The molecule has 0 saturated heterocycles. The van der Waals surface area contributed by atoms with Crippen molar-refractivity contribution in [2.24, 2.45) is 0 Å². The fourth-order valence-corrected chi connectivity index (χ4v) is 2.28. The smallest absolute Gasteiger partial charge is 0.416 e. The number of carbonyl (C=O) groups is 1. The molecule has 0 aliphatic heterocycles. The molecule has 0 fully saturated rings. The van der Waals surface area contributed by atoms with Gasteiger partial charge in [-0.2, -0.15) is 13.2 Å². The first-order valence-corrected chi connectivity index (χ1v) is 6.38. The summed E-state index contributed by atoms with van der Waals surface area (Å²) in [5.74, 6) is -0.475. The summed E-state index contributed by atoms with van der Waals surface area (Å²) < 4.78 is 64.2. The maximum atomic E-state index is 12.3. The van der Waals surface area contributed by atoms with Gasteiger partial charge in [-0.3, -0.25) is 4.79 Å². The monoisotopic (exact) mass is 282 g/mol. The van der Waals surface area contributed by atoms with Crippen LogP contribution in [0.25, 0.3) is 0 Å². The molecule has 18 heavy (non-hydrogen) atoms. The van der Waals surface area contributed by atoms with E-state index in [1.807, 2.05) is 0 Å². The van der Waals surface area contributed by atoms with E-state index in [9.17, 15) is 26.4 Å². The Morgan fingerprint density at radius 1 is 1.17 bits per heavy atom. The van der Waals surface area contributed by atoms with Gasteiger partial charge in [-0.15, -0.1) is 0 Å². The summed E-state index contributed by atoms with van der Waals surface area (Å²) >= 11 is 0. The molecule has 0 aliphatic carbocycles. The second-order valence-corrected chi connectivity index (χ2v) is 5.42. The van der Waals surface area contributed by atoms with Crippen LogP contribution >= 0.6 is 0 Å². The number of hydrogen-bond donors (Lipinski definition) is 0. The molecule has 0 N–H and O–H groups in total. The molecule has 0 spiro atoms. The van der Waals surface area contributed by atoms with Gasteiger partial charge in [0, 0.05) is 0 Å². The van der Waals surface area contributed by atoms with Crippen LogP contribution in [-0.2, 0) is 25.5 Å². The molecule has 0 atom stereocenters. The zero-order chi connectivity index (χ0) is 13.8. The van der Waals surface area contributed by atoms with Crippen molar-refractivity contribution < 1.29 is 31.1 Å². The SMILES string of the molecule is O=COCCS(=O)(=O)c1ccc(C(F)(F)F)cc1. The van der Waals surface area contributed by atoms with Crippen LogP contribution in [0.4, 0.5) is 13.2 Å². The molecule has 0 amide bonds. The maximum Gasteiger partial charge on any atom is 0.416 e. The largest absolute Gasteiger partial charge is 0.467 e. The number of rotatable bonds is 5. The molecule has 1 aromatic carbocycles. The van der Waals surface area contributed by atoms with Gasteiger partial charge < -0.3 is 4.74 Å². The van der Waals surface area contributed by atoms with Crippen molar-refractivity contribution in [2.75, 3.05) is 12.4 Å². The second kappa shape index (κ2) is 5.38. The summed E-state index contributed by atoms with van der Waals surface area (Å²) in [5.41, 5.74) is -0.925. The molecular weight excluding hydrogens is 273 g/mol. The fraction of sp³-hybridized carbons (Fsp3) is 0.300. The Kier molecular flexibility index (Phi) is 4.33. The molecule has 4 nitrogen and oxygen atoms in total. The van der Waals surface area contributed by atoms with Crippen molar-refractivity contribution in [3.63, 3.8) is 0 Å². The highest BCUT2D eigenvalue weighted by molar-refractivity contribution is 7.91. The predicted octanol–water partition coefficient (Wildman–Crippen LogP) is 1.65. The Morgan fingerprint density at radius 3 is 2.17 bits per heavy atom. The van der Waals surface area contributed by atoms with E-state index in [1.54, 1.807) is 0 Å². The van der Waals surface area contributed by atoms with Gasteiger partial charge in [0.05, 0.1) is 16.2 Å². The molecule has 0 saturated carbocycles. The third-order valence-electron chi connectivity index (χ3n) is 2.08. The number of benzene rings is 1. The van der Waals surface area contributed by atoms with Gasteiger partial charge in [0.1, 0.15) is 6.61 Å². The average molecular weight is 282 g/mol. The van der Waals surface area contributed by atoms with E-state index in [-0.39, 0.29) is 18.0 Å². The normalized spacial score (nSPS) is 12.2. The third-order valence-corrected chi connectivity index (χ3v) is 3.77. The highest BCUT2D eigenvalue weighted by atomic mass is 32.2. The van der Waals surface area contributed by atoms with E-state index in [1.165, 1.54) is 0 Å². The summed E-state index contributed by atoms with van der Waals surface area (Å²) in [4.78, 5) is 9.59. The van der Waals surface area contributed by atoms with Crippen LogP contribution in [0.5, 0.6) is 0 Å². The van der Waals surface area contributed by atoms with Crippen molar-refractivity contribution >= 4 is 16.3 Å². The lowest BCUT2D eigenvalue weighted by molar-refractivity contribution is -0.137. The van der Waals surface area contributed by atoms with Gasteiger partial charge >= 0.3 is 6.18 Å². The molecule has 0 aromatic heterocycles. The molecule has 0 aliphatic rings. The minimum Gasteiger partial charge on any atom is -0.467 e. The molecule has 0 unspecified atom stereocenters. The third kappa shape index (κ3) is 3.73. The Morgan fingerprint density at radius 2 is 1.72 bits per heavy atom. The van der Waals surface area contributed by atoms with Gasteiger partial charge in [0.15, 0.2) is 9.84 Å². The topological polar surface area (TPSA) is 60.4 Å². The summed E-state index contributed by atoms with van der Waals surface area (Å²) in [7, 11) is -3.75. The van der Waals surface area contributed by atoms with Crippen LogP contribution < -0.4 is 0 Å². The van der Waals surface area contributed by atoms with Crippen LogP contribution in [0.15, 0.2) is 29.2 Å². The minimum atomic E-state index is -4.51. The summed E-state index contributed by atoms with van der Waals surface area (Å²) in [6.45, 7) is -0.241. The first-order chi connectivity index (χ1) is 8.27. The Hall–Kier alpha value is -1.57. The lowest BCUT2D eigenvalue weighted by atomic mass is 10.2. The van der Waals surface area contributed by atoms with Crippen molar-refractivity contribution in [1.29, 1.82) is 0 Å². The summed E-state index contributed by atoms with van der Waals surface area (Å²) in [6, 6.07) is 3.12. The molecule has 1 rings (SSSR count). The predicted molar refractivity (Wildman–Crippen MR) is 55.5 cm³/mol. The molecule has 0 heterocycles. The van der Waals surface area contributed by atoms with Gasteiger partial charge in [0.25, 0.3) is 6.47 Å². The van der Waals surface area contributed by atoms with E-state index in [0.717, 1.165) is 12.1 Å². The minimum absolute atomic E-state index is 0.0995. The zero-order valence-corrected chi connectivity index (χ0v) is 9.79. The highest BCUT2D eigenvalue weighted by Gasteiger charge is 2.30. The number of ether oxygens (including phenoxy) is 1. The second-order valence-electron chi connectivity index (χ2n) is 3.31. The number of halogens is 3. The molecule has 8 heteroatoms. The van der Waals surface area contributed by atoms with E-state index < -0.39 is 27.3 Å². The zero-order valence-electron chi connectivity index (χ0n) is 8.98. The van der Waals surface area contributed by atoms with Crippen LogP contribution in [0.2, 0.25) is 0 Å². The Labute approximate surface area is 101 Å². The van der Waals surface area contributed by atoms with Crippen LogP contribution in [0.3, 0.4) is 0 Å². The van der Waals surface area contributed by atoms with Gasteiger partial charge in [-0.25, -0.2) is 8.42 Å². The van der Waals surface area contributed by atoms with Gasteiger partial charge in [-0.05, 0) is 24.3 Å². The Balaban J connectivity index is 2.88. The summed E-state index contributed by atoms with van der Waals surface area (Å²) in [6.07, 6.45) is -4.51. The average Bonchev–Trinajstić information content (AvgIpc) is 2.28. The molecule has 0 bridgehead atoms. The Bertz CT molecular complexity index is 505. The van der Waals surface area contributed by atoms with Crippen LogP contribution in [0, 0.1) is 0 Å². The molecular formula is C10H9F3O4S. The quantitative estimate of drug-likeness (QED) is 0.608. The van der Waals surface area contributed by atoms with E-state index in [4.69, 9.17) is 0 Å². The van der Waals surface area contributed by atoms with Crippen molar-refractivity contribution in [3.8, 4) is 0 Å². The molecule has 1 aromatic rings. The fourth-order valence-electron chi connectivity index (χ4n) is 1.18. The highest BCUT2D eigenvalue weighted by Crippen LogP contribution is 2.29. The lowest BCUT2D eigenvalue weighted by Crippen LogP contribution is -2.13. The van der Waals surface area contributed by atoms with Crippen molar-refractivity contribution in [3.05, 3.63) is 29.8 Å². The van der Waals surface area contributed by atoms with Crippen LogP contribution in [-0.4, -0.2) is 27.2 Å². The summed E-state index contributed by atoms with van der Waals surface area (Å²) in [5, 5.41) is 0. The number of carbonyl (C=O) groups excluding carboxylic acids is 1.